The standard InChI is InChI=1S/C19H25F2N5S.HI/c1-3-18-24-15(13-27-18)6-7-23-19(22-2)26-10-8-25(9-11-26)17-12-14(20)4-5-16(17)21;/h4-5,12-13H,3,6-11H2,1-2H3,(H,22,23);1H. The maximum absolute atomic E-state index is 14.0. The number of nitrogens with one attached hydrogen (secondary N) is 1. The molecule has 0 unspecified atom stereocenters. The quantitative estimate of drug-likeness (QED) is 0.372. The van der Waals surface area contributed by atoms with Gasteiger partial charge in [-0.1, -0.05) is 6.92 Å². The third-order valence-corrected chi connectivity index (χ3v) is 5.65. The van der Waals surface area contributed by atoms with Crippen LogP contribution < -0.4 is 10.2 Å². The number of guanidine groups is 1. The molecule has 0 amide bonds. The Bertz CT molecular complexity index is 790. The lowest BCUT2D eigenvalue weighted by molar-refractivity contribution is 0.371. The van der Waals surface area contributed by atoms with Gasteiger partial charge in [-0.25, -0.2) is 13.8 Å². The van der Waals surface area contributed by atoms with Crippen molar-refractivity contribution in [2.75, 3.05) is 44.7 Å². The molecule has 1 aromatic carbocycles. The van der Waals surface area contributed by atoms with Crippen LogP contribution in [0.5, 0.6) is 0 Å². The summed E-state index contributed by atoms with van der Waals surface area (Å²) >= 11 is 1.70. The van der Waals surface area contributed by atoms with Crippen molar-refractivity contribution in [3.05, 3.63) is 45.9 Å². The van der Waals surface area contributed by atoms with Gasteiger partial charge in [0.05, 0.1) is 16.4 Å². The second-order valence-electron chi connectivity index (χ2n) is 6.38. The summed E-state index contributed by atoms with van der Waals surface area (Å²) in [5.41, 5.74) is 1.43. The van der Waals surface area contributed by atoms with Gasteiger partial charge in [0, 0.05) is 57.6 Å². The Morgan fingerprint density at radius 2 is 2.00 bits per heavy atom. The first-order chi connectivity index (χ1) is 13.1. The lowest BCUT2D eigenvalue weighted by Crippen LogP contribution is -2.53. The summed E-state index contributed by atoms with van der Waals surface area (Å²) in [7, 11) is 1.76. The van der Waals surface area contributed by atoms with Gasteiger partial charge in [-0.2, -0.15) is 0 Å². The number of nitrogens with zero attached hydrogens (tertiary/aromatic N) is 4. The summed E-state index contributed by atoms with van der Waals surface area (Å²) < 4.78 is 27.4. The SMILES string of the molecule is CCc1nc(CCNC(=NC)N2CCN(c3cc(F)ccc3F)CC2)cs1.I. The Hall–Kier alpha value is -1.49. The zero-order chi connectivity index (χ0) is 19.2. The maximum Gasteiger partial charge on any atom is 0.193 e. The number of anilines is 1. The normalized spacial score (nSPS) is 14.8. The molecule has 0 aliphatic carbocycles. The van der Waals surface area contributed by atoms with Crippen LogP contribution in [0.25, 0.3) is 0 Å². The van der Waals surface area contributed by atoms with Crippen LogP contribution in [0.3, 0.4) is 0 Å². The van der Waals surface area contributed by atoms with Crippen LogP contribution >= 0.6 is 35.3 Å². The number of aliphatic imine (C=N–C) groups is 1. The number of halogens is 3. The average molecular weight is 521 g/mol. The van der Waals surface area contributed by atoms with E-state index in [-0.39, 0.29) is 29.8 Å². The minimum absolute atomic E-state index is 0. The molecule has 0 radical (unpaired) electrons. The smallest absolute Gasteiger partial charge is 0.193 e. The van der Waals surface area contributed by atoms with Gasteiger partial charge in [0.1, 0.15) is 11.6 Å². The largest absolute Gasteiger partial charge is 0.366 e. The zero-order valence-electron chi connectivity index (χ0n) is 16.1. The van der Waals surface area contributed by atoms with Crippen molar-refractivity contribution in [1.29, 1.82) is 0 Å². The van der Waals surface area contributed by atoms with E-state index in [4.69, 9.17) is 0 Å². The van der Waals surface area contributed by atoms with Crippen LogP contribution in [0, 0.1) is 11.6 Å². The van der Waals surface area contributed by atoms with Crippen molar-refractivity contribution < 1.29 is 8.78 Å². The molecule has 1 N–H and O–H groups in total. The minimum Gasteiger partial charge on any atom is -0.366 e. The number of aryl methyl sites for hydroxylation is 1. The van der Waals surface area contributed by atoms with Gasteiger partial charge in [0.2, 0.25) is 0 Å². The van der Waals surface area contributed by atoms with Crippen LogP contribution in [0.15, 0.2) is 28.6 Å². The van der Waals surface area contributed by atoms with Crippen molar-refractivity contribution in [3.63, 3.8) is 0 Å². The molecule has 2 aromatic rings. The first kappa shape index (κ1) is 22.8. The fourth-order valence-corrected chi connectivity index (χ4v) is 3.93. The number of rotatable bonds is 5. The Morgan fingerprint density at radius 3 is 2.64 bits per heavy atom. The number of hydrogen-bond donors (Lipinski definition) is 1. The fraction of sp³-hybridized carbons (Fsp3) is 0.474. The highest BCUT2D eigenvalue weighted by Crippen LogP contribution is 2.22. The van der Waals surface area contributed by atoms with E-state index in [9.17, 15) is 8.78 Å². The number of thiazole rings is 1. The molecular formula is C19H26F2IN5S. The molecule has 5 nitrogen and oxygen atoms in total. The predicted octanol–water partition coefficient (Wildman–Crippen LogP) is 3.54. The molecule has 9 heteroatoms. The molecule has 0 bridgehead atoms. The molecule has 3 rings (SSSR count). The van der Waals surface area contributed by atoms with Crippen LogP contribution in [0.1, 0.15) is 17.6 Å². The lowest BCUT2D eigenvalue weighted by atomic mass is 10.2. The van der Waals surface area contributed by atoms with Crippen molar-refractivity contribution >= 4 is 47.0 Å². The average Bonchev–Trinajstić information content (AvgIpc) is 3.15. The topological polar surface area (TPSA) is 43.8 Å². The molecule has 0 atom stereocenters. The van der Waals surface area contributed by atoms with Crippen LogP contribution in [-0.2, 0) is 12.8 Å². The number of aromatic nitrogens is 1. The Morgan fingerprint density at radius 1 is 1.25 bits per heavy atom. The fourth-order valence-electron chi connectivity index (χ4n) is 3.15. The molecule has 2 heterocycles. The zero-order valence-corrected chi connectivity index (χ0v) is 19.3. The summed E-state index contributed by atoms with van der Waals surface area (Å²) in [5.74, 6) is 0.0296. The summed E-state index contributed by atoms with van der Waals surface area (Å²) in [4.78, 5) is 13.0. The van der Waals surface area contributed by atoms with E-state index >= 15 is 0 Å². The van der Waals surface area contributed by atoms with Gasteiger partial charge < -0.3 is 15.1 Å². The number of hydrogen-bond acceptors (Lipinski definition) is 4. The molecule has 1 aromatic heterocycles. The summed E-state index contributed by atoms with van der Waals surface area (Å²) in [6, 6.07) is 3.59. The number of piperazine rings is 1. The Labute approximate surface area is 185 Å². The highest BCUT2D eigenvalue weighted by Gasteiger charge is 2.22. The molecule has 1 fully saturated rings. The molecule has 1 aliphatic heterocycles. The van der Waals surface area contributed by atoms with Crippen molar-refractivity contribution in [2.24, 2.45) is 4.99 Å². The Balaban J connectivity index is 0.00000280. The number of benzene rings is 1. The summed E-state index contributed by atoms with van der Waals surface area (Å²) in [5, 5.41) is 6.65. The van der Waals surface area contributed by atoms with Crippen molar-refractivity contribution in [2.45, 2.75) is 19.8 Å². The van der Waals surface area contributed by atoms with E-state index in [2.05, 4.69) is 32.5 Å². The second kappa shape index (κ2) is 10.9. The van der Waals surface area contributed by atoms with Crippen molar-refractivity contribution in [3.8, 4) is 0 Å². The molecule has 154 valence electrons. The predicted molar refractivity (Wildman–Crippen MR) is 122 cm³/mol. The van der Waals surface area contributed by atoms with Gasteiger partial charge in [0.25, 0.3) is 0 Å². The molecule has 1 saturated heterocycles. The van der Waals surface area contributed by atoms with Crippen molar-refractivity contribution in [1.82, 2.24) is 15.2 Å². The van der Waals surface area contributed by atoms with Crippen LogP contribution in [-0.4, -0.2) is 55.6 Å². The third-order valence-electron chi connectivity index (χ3n) is 4.61. The molecule has 1 aliphatic rings. The van der Waals surface area contributed by atoms with E-state index in [1.54, 1.807) is 18.4 Å². The molecule has 0 spiro atoms. The Kier molecular flexibility index (Phi) is 8.87. The van der Waals surface area contributed by atoms with Gasteiger partial charge in [0.15, 0.2) is 5.96 Å². The summed E-state index contributed by atoms with van der Waals surface area (Å²) in [6.45, 7) is 5.51. The first-order valence-electron chi connectivity index (χ1n) is 9.19. The second-order valence-corrected chi connectivity index (χ2v) is 7.32. The maximum atomic E-state index is 14.0. The summed E-state index contributed by atoms with van der Waals surface area (Å²) in [6.07, 6.45) is 1.82. The van der Waals surface area contributed by atoms with E-state index in [0.717, 1.165) is 42.1 Å². The molecule has 28 heavy (non-hydrogen) atoms. The van der Waals surface area contributed by atoms with Gasteiger partial charge in [-0.15, -0.1) is 35.3 Å². The van der Waals surface area contributed by atoms with E-state index in [1.807, 2.05) is 4.90 Å². The van der Waals surface area contributed by atoms with Crippen LogP contribution in [0.4, 0.5) is 14.5 Å². The van der Waals surface area contributed by atoms with Gasteiger partial charge in [-0.3, -0.25) is 4.99 Å². The molecule has 0 saturated carbocycles. The van der Waals surface area contributed by atoms with Crippen LogP contribution in [0.2, 0.25) is 0 Å². The van der Waals surface area contributed by atoms with E-state index in [0.29, 0.717) is 31.9 Å². The van der Waals surface area contributed by atoms with E-state index in [1.165, 1.54) is 12.1 Å². The first-order valence-corrected chi connectivity index (χ1v) is 10.1. The lowest BCUT2D eigenvalue weighted by Gasteiger charge is -2.37. The van der Waals surface area contributed by atoms with E-state index < -0.39 is 5.82 Å². The van der Waals surface area contributed by atoms with Gasteiger partial charge in [-0.05, 0) is 18.6 Å². The highest BCUT2D eigenvalue weighted by molar-refractivity contribution is 14.0. The minimum atomic E-state index is -0.417. The van der Waals surface area contributed by atoms with Gasteiger partial charge >= 0.3 is 0 Å². The monoisotopic (exact) mass is 521 g/mol. The third kappa shape index (κ3) is 5.76. The molecular weight excluding hydrogens is 495 g/mol. The highest BCUT2D eigenvalue weighted by atomic mass is 127.